The highest BCUT2D eigenvalue weighted by molar-refractivity contribution is 5.62. The van der Waals surface area contributed by atoms with Gasteiger partial charge in [0.05, 0.1) is 0 Å². The lowest BCUT2D eigenvalue weighted by Crippen LogP contribution is -2.01. The van der Waals surface area contributed by atoms with Crippen LogP contribution in [-0.4, -0.2) is 12.3 Å². The van der Waals surface area contributed by atoms with Gasteiger partial charge in [-0.05, 0) is 0 Å². The second-order valence-electron chi connectivity index (χ2n) is 0.885. The quantitative estimate of drug-likeness (QED) is 0.404. The summed E-state index contributed by atoms with van der Waals surface area (Å²) in [4.78, 5) is 17.3. The van der Waals surface area contributed by atoms with Crippen LogP contribution in [0, 0.1) is 0 Å². The summed E-state index contributed by atoms with van der Waals surface area (Å²) in [6.45, 7) is 0. The Morgan fingerprint density at radius 2 is 2.86 bits per heavy atom. The van der Waals surface area contributed by atoms with E-state index in [1.165, 1.54) is 12.3 Å². The van der Waals surface area contributed by atoms with Crippen LogP contribution in [0.15, 0.2) is 10.9 Å². The minimum atomic E-state index is -0.0556. The molecule has 4 nitrogen and oxygen atoms in total. The predicted molar refractivity (Wildman–Crippen MR) is 21.9 cm³/mol. The van der Waals surface area contributed by atoms with Gasteiger partial charge in [0.15, 0.2) is 5.94 Å². The van der Waals surface area contributed by atoms with E-state index in [0.717, 1.165) is 0 Å². The minimum absolute atomic E-state index is 0.0556. The van der Waals surface area contributed by atoms with Crippen LogP contribution in [0.5, 0.6) is 0 Å². The second kappa shape index (κ2) is 1.45. The predicted octanol–water partition coefficient (Wildman–Crippen LogP) is -0.778. The van der Waals surface area contributed by atoms with Crippen LogP contribution in [0.3, 0.4) is 0 Å². The molecule has 0 bridgehead atoms. The molecule has 0 aromatic carbocycles. The van der Waals surface area contributed by atoms with Crippen LogP contribution in [0.1, 0.15) is 0 Å². The zero-order chi connectivity index (χ0) is 5.11. The average molecular weight is 98.1 g/mol. The number of hydroxylamine groups is 1. The first-order valence-electron chi connectivity index (χ1n) is 1.63. The Morgan fingerprint density at radius 3 is 3.14 bits per heavy atom. The number of aliphatic imine (C=N–C) groups is 1. The van der Waals surface area contributed by atoms with E-state index in [1.54, 1.807) is 0 Å². The molecule has 0 saturated carbocycles. The Balaban J connectivity index is 2.77. The molecule has 1 aliphatic heterocycles. The molecule has 0 atom stereocenters. The summed E-state index contributed by atoms with van der Waals surface area (Å²) < 4.78 is 0. The summed E-state index contributed by atoms with van der Waals surface area (Å²) in [5.74, 6) is 1.39. The normalized spacial score (nSPS) is 15.1. The molecule has 36 valence electrons. The maximum absolute atomic E-state index is 9.57. The number of nitrogens with one attached hydrogen (secondary N) is 1. The third kappa shape index (κ3) is 0.586. The molecule has 1 heterocycles. The summed E-state index contributed by atoms with van der Waals surface area (Å²) in [6, 6.07) is 0. The average Bonchev–Trinajstić information content (AvgIpc) is 2.14. The van der Waals surface area contributed by atoms with E-state index in [4.69, 9.17) is 0 Å². The highest BCUT2D eigenvalue weighted by atomic mass is 16.7. The van der Waals surface area contributed by atoms with Crippen molar-refractivity contribution < 1.29 is 9.63 Å². The third-order valence-electron chi connectivity index (χ3n) is 0.477. The van der Waals surface area contributed by atoms with Crippen LogP contribution < -0.4 is 5.48 Å². The van der Waals surface area contributed by atoms with Gasteiger partial charge >= 0.3 is 5.88 Å². The van der Waals surface area contributed by atoms with Crippen molar-refractivity contribution in [2.24, 2.45) is 4.99 Å². The minimum Gasteiger partial charge on any atom is -0.348 e. The molecule has 7 heavy (non-hydrogen) atoms. The van der Waals surface area contributed by atoms with Gasteiger partial charge in [0, 0.05) is 0 Å². The van der Waals surface area contributed by atoms with Crippen molar-refractivity contribution in [3.05, 3.63) is 5.88 Å². The first-order chi connectivity index (χ1) is 3.43. The van der Waals surface area contributed by atoms with Crippen molar-refractivity contribution in [2.75, 3.05) is 0 Å². The molecule has 1 rings (SSSR count). The van der Waals surface area contributed by atoms with Crippen LogP contribution in [0.4, 0.5) is 0 Å². The molecule has 0 saturated heterocycles. The maximum Gasteiger partial charge on any atom is 0.331 e. The number of nitrogens with zero attached hydrogens (tertiary/aromatic N) is 1. The standard InChI is InChI=1S/C3H2N2O2/c6-1-3-4-2-5-7-3/h2H,(H,4,5). The Morgan fingerprint density at radius 1 is 2.00 bits per heavy atom. The topological polar surface area (TPSA) is 50.7 Å². The van der Waals surface area contributed by atoms with Gasteiger partial charge in [0.25, 0.3) is 0 Å². The van der Waals surface area contributed by atoms with Gasteiger partial charge in [-0.3, -0.25) is 0 Å². The van der Waals surface area contributed by atoms with Gasteiger partial charge < -0.3 is 4.84 Å². The molecule has 1 aliphatic rings. The highest BCUT2D eigenvalue weighted by Gasteiger charge is 1.97. The summed E-state index contributed by atoms with van der Waals surface area (Å²) in [6.07, 6.45) is 1.26. The summed E-state index contributed by atoms with van der Waals surface area (Å²) in [5, 5.41) is 0. The highest BCUT2D eigenvalue weighted by Crippen LogP contribution is 1.91. The van der Waals surface area contributed by atoms with Crippen molar-refractivity contribution in [2.45, 2.75) is 0 Å². The Bertz CT molecular complexity index is 145. The van der Waals surface area contributed by atoms with E-state index in [1.807, 2.05) is 0 Å². The van der Waals surface area contributed by atoms with Crippen LogP contribution >= 0.6 is 0 Å². The van der Waals surface area contributed by atoms with E-state index in [9.17, 15) is 4.79 Å². The van der Waals surface area contributed by atoms with Crippen molar-refractivity contribution in [1.29, 1.82) is 0 Å². The number of rotatable bonds is 0. The van der Waals surface area contributed by atoms with Crippen molar-refractivity contribution in [3.63, 3.8) is 0 Å². The smallest absolute Gasteiger partial charge is 0.331 e. The van der Waals surface area contributed by atoms with Gasteiger partial charge in [-0.1, -0.05) is 0 Å². The van der Waals surface area contributed by atoms with Gasteiger partial charge in [-0.15, -0.1) is 0 Å². The van der Waals surface area contributed by atoms with Crippen molar-refractivity contribution in [3.8, 4) is 0 Å². The van der Waals surface area contributed by atoms with Gasteiger partial charge in [0.1, 0.15) is 6.34 Å². The van der Waals surface area contributed by atoms with Gasteiger partial charge in [0.2, 0.25) is 0 Å². The molecule has 0 unspecified atom stereocenters. The lowest BCUT2D eigenvalue weighted by atomic mass is 10.9. The maximum atomic E-state index is 9.57. The van der Waals surface area contributed by atoms with E-state index >= 15 is 0 Å². The molecule has 0 amide bonds. The van der Waals surface area contributed by atoms with Crippen LogP contribution in [0.25, 0.3) is 0 Å². The fourth-order valence-corrected chi connectivity index (χ4v) is 0.241. The van der Waals surface area contributed by atoms with Crippen LogP contribution in [-0.2, 0) is 9.63 Å². The summed E-state index contributed by atoms with van der Waals surface area (Å²) >= 11 is 0. The SMILES string of the molecule is O=C=C1N=CNO1. The number of hydrogen-bond acceptors (Lipinski definition) is 4. The van der Waals surface area contributed by atoms with Gasteiger partial charge in [-0.2, -0.15) is 4.99 Å². The lowest BCUT2D eigenvalue weighted by molar-refractivity contribution is 0.183. The van der Waals surface area contributed by atoms with E-state index < -0.39 is 0 Å². The number of carbonyl (C=O) groups excluding carboxylic acids is 1. The van der Waals surface area contributed by atoms with Crippen molar-refractivity contribution in [1.82, 2.24) is 5.48 Å². The molecule has 0 aromatic rings. The molecular weight excluding hydrogens is 96.0 g/mol. The first kappa shape index (κ1) is 3.89. The lowest BCUT2D eigenvalue weighted by Gasteiger charge is -1.83. The summed E-state index contributed by atoms with van der Waals surface area (Å²) in [5.41, 5.74) is 2.23. The molecule has 0 radical (unpaired) electrons. The zero-order valence-corrected chi connectivity index (χ0v) is 3.34. The third-order valence-corrected chi connectivity index (χ3v) is 0.477. The zero-order valence-electron chi connectivity index (χ0n) is 3.34. The van der Waals surface area contributed by atoms with Crippen molar-refractivity contribution >= 4 is 12.3 Å². The fraction of sp³-hybridized carbons (Fsp3) is 0. The first-order valence-corrected chi connectivity index (χ1v) is 1.63. The fourth-order valence-electron chi connectivity index (χ4n) is 0.241. The molecule has 0 aromatic heterocycles. The Hall–Kier alpha value is -1.28. The molecule has 1 N–H and O–H groups in total. The molecule has 0 spiro atoms. The van der Waals surface area contributed by atoms with E-state index in [0.29, 0.717) is 0 Å². The molecule has 4 heteroatoms. The largest absolute Gasteiger partial charge is 0.348 e. The van der Waals surface area contributed by atoms with E-state index in [2.05, 4.69) is 15.3 Å². The second-order valence-corrected chi connectivity index (χ2v) is 0.885. The van der Waals surface area contributed by atoms with Crippen LogP contribution in [0.2, 0.25) is 0 Å². The number of hydrogen-bond donors (Lipinski definition) is 1. The molecule has 0 aliphatic carbocycles. The Labute approximate surface area is 39.4 Å². The monoisotopic (exact) mass is 98.0 g/mol. The molecule has 0 fully saturated rings. The molecular formula is C3H2N2O2. The van der Waals surface area contributed by atoms with E-state index in [-0.39, 0.29) is 5.88 Å². The van der Waals surface area contributed by atoms with Gasteiger partial charge in [-0.25, -0.2) is 10.3 Å². The Kier molecular flexibility index (Phi) is 0.805. The summed E-state index contributed by atoms with van der Waals surface area (Å²) in [7, 11) is 0.